The van der Waals surface area contributed by atoms with Crippen molar-refractivity contribution in [2.75, 3.05) is 32.6 Å². The van der Waals surface area contributed by atoms with Crippen LogP contribution in [0.2, 0.25) is 5.02 Å². The van der Waals surface area contributed by atoms with Gasteiger partial charge in [0.1, 0.15) is 18.0 Å². The zero-order valence-corrected chi connectivity index (χ0v) is 22.5. The highest BCUT2D eigenvalue weighted by atomic mass is 35.5. The summed E-state index contributed by atoms with van der Waals surface area (Å²) >= 11 is 5.95. The Balaban J connectivity index is 0.00000353. The van der Waals surface area contributed by atoms with Crippen LogP contribution in [0, 0.1) is 5.82 Å². The number of urea groups is 1. The van der Waals surface area contributed by atoms with Crippen molar-refractivity contribution in [1.82, 2.24) is 19.8 Å². The van der Waals surface area contributed by atoms with E-state index >= 15 is 0 Å². The quantitative estimate of drug-likeness (QED) is 0.350. The van der Waals surface area contributed by atoms with Crippen LogP contribution in [-0.4, -0.2) is 65.2 Å². The normalized spacial score (nSPS) is 19.2. The molecule has 2 fully saturated rings. The number of likely N-dealkylation sites (tertiary alicyclic amines) is 1. The molecule has 0 spiro atoms. The first-order valence-corrected chi connectivity index (χ1v) is 13.5. The molecule has 2 amide bonds. The lowest BCUT2D eigenvalue weighted by atomic mass is 9.92. The average Bonchev–Trinajstić information content (AvgIpc) is 2.95. The molecular formula is C29H37ClFN5O3. The fraction of sp³-hybridized carbons (Fsp3) is 0.483. The zero-order chi connectivity index (χ0) is 26.6. The third-order valence-corrected chi connectivity index (χ3v) is 7.81. The maximum atomic E-state index is 13.6. The van der Waals surface area contributed by atoms with E-state index in [0.717, 1.165) is 57.0 Å². The predicted octanol–water partition coefficient (Wildman–Crippen LogP) is 7.04. The second-order valence-corrected chi connectivity index (χ2v) is 10.4. The number of hydrogen-bond donors (Lipinski definition) is 1. The van der Waals surface area contributed by atoms with Gasteiger partial charge < -0.3 is 24.6 Å². The Kier molecular flexibility index (Phi) is 9.32. The number of nitrogens with zero attached hydrogens (tertiary/aromatic N) is 4. The van der Waals surface area contributed by atoms with Gasteiger partial charge in [-0.3, -0.25) is 0 Å². The molecule has 3 aromatic rings. The summed E-state index contributed by atoms with van der Waals surface area (Å²) in [5.41, 5.74) is 1.29. The van der Waals surface area contributed by atoms with Gasteiger partial charge in [0.2, 0.25) is 0 Å². The SMILES string of the molecule is C.COc1cc2ncnc(Nc3ccc(F)c(Cl)c3)c2cc1OC1CCC(N(C)C(=O)N2CCCCC2)CC1. The van der Waals surface area contributed by atoms with Crippen LogP contribution >= 0.6 is 11.6 Å². The van der Waals surface area contributed by atoms with Crippen molar-refractivity contribution < 1.29 is 18.7 Å². The number of rotatable bonds is 6. The predicted molar refractivity (Wildman–Crippen MR) is 153 cm³/mol. The highest BCUT2D eigenvalue weighted by Crippen LogP contribution is 2.37. The molecule has 0 bridgehead atoms. The number of fused-ring (bicyclic) bond motifs is 1. The molecule has 1 aromatic heterocycles. The average molecular weight is 558 g/mol. The number of hydrogen-bond acceptors (Lipinski definition) is 6. The number of carbonyl (C=O) groups is 1. The fourth-order valence-electron chi connectivity index (χ4n) is 5.32. The second kappa shape index (κ2) is 12.7. The van der Waals surface area contributed by atoms with E-state index < -0.39 is 5.82 Å². The second-order valence-electron chi connectivity index (χ2n) is 9.99. The molecule has 8 nitrogen and oxygen atoms in total. The number of anilines is 2. The van der Waals surface area contributed by atoms with E-state index in [-0.39, 0.29) is 30.6 Å². The molecule has 0 unspecified atom stereocenters. The van der Waals surface area contributed by atoms with E-state index in [2.05, 4.69) is 15.3 Å². The van der Waals surface area contributed by atoms with Gasteiger partial charge in [-0.15, -0.1) is 0 Å². The number of aromatic nitrogens is 2. The minimum atomic E-state index is -0.484. The monoisotopic (exact) mass is 557 g/mol. The molecule has 1 aliphatic carbocycles. The highest BCUT2D eigenvalue weighted by molar-refractivity contribution is 6.31. The van der Waals surface area contributed by atoms with Gasteiger partial charge in [-0.05, 0) is 69.2 Å². The lowest BCUT2D eigenvalue weighted by Gasteiger charge is -2.38. The smallest absolute Gasteiger partial charge is 0.319 e. The number of piperidine rings is 1. The number of benzene rings is 2. The maximum Gasteiger partial charge on any atom is 0.319 e. The number of halogens is 2. The van der Waals surface area contributed by atoms with Crippen molar-refractivity contribution in [3.8, 4) is 11.5 Å². The number of ether oxygens (including phenoxy) is 2. The molecule has 5 rings (SSSR count). The van der Waals surface area contributed by atoms with Gasteiger partial charge in [0.15, 0.2) is 11.5 Å². The highest BCUT2D eigenvalue weighted by Gasteiger charge is 2.30. The molecule has 0 radical (unpaired) electrons. The first-order chi connectivity index (χ1) is 18.4. The molecule has 2 aliphatic rings. The number of carbonyl (C=O) groups excluding carboxylic acids is 1. The molecule has 210 valence electrons. The number of methoxy groups -OCH3 is 1. The molecule has 1 aliphatic heterocycles. The van der Waals surface area contributed by atoms with Crippen LogP contribution in [0.25, 0.3) is 10.9 Å². The van der Waals surface area contributed by atoms with Crippen molar-refractivity contribution >= 4 is 40.0 Å². The lowest BCUT2D eigenvalue weighted by Crippen LogP contribution is -2.49. The summed E-state index contributed by atoms with van der Waals surface area (Å²) in [6.07, 6.45) is 8.31. The topological polar surface area (TPSA) is 79.8 Å². The standard InChI is InChI=1S/C28H33ClFN5O3.CH4/c1-34(28(36)35-12-4-3-5-13-35)19-7-9-20(10-8-19)38-26-15-21-24(16-25(26)37-2)31-17-32-27(21)33-18-6-11-23(30)22(29)14-18;/h6,11,14-17,19-20H,3-5,7-10,12-13H2,1-2H3,(H,31,32,33);1H4. The molecule has 1 saturated carbocycles. The van der Waals surface area contributed by atoms with Gasteiger partial charge in [-0.2, -0.15) is 0 Å². The summed E-state index contributed by atoms with van der Waals surface area (Å²) in [5.74, 6) is 1.26. The summed E-state index contributed by atoms with van der Waals surface area (Å²) in [5, 5.41) is 3.97. The van der Waals surface area contributed by atoms with E-state index in [9.17, 15) is 9.18 Å². The Hall–Kier alpha value is -3.33. The van der Waals surface area contributed by atoms with Crippen molar-refractivity contribution in [1.29, 1.82) is 0 Å². The third kappa shape index (κ3) is 6.46. The minimum Gasteiger partial charge on any atom is -0.493 e. The Morgan fingerprint density at radius 1 is 1.08 bits per heavy atom. The summed E-state index contributed by atoms with van der Waals surface area (Å²) in [6, 6.07) is 8.48. The van der Waals surface area contributed by atoms with E-state index in [1.807, 2.05) is 29.0 Å². The van der Waals surface area contributed by atoms with Gasteiger partial charge >= 0.3 is 6.03 Å². The molecule has 0 atom stereocenters. The maximum absolute atomic E-state index is 13.6. The van der Waals surface area contributed by atoms with Crippen LogP contribution in [-0.2, 0) is 0 Å². The number of amides is 2. The number of nitrogens with one attached hydrogen (secondary N) is 1. The minimum absolute atomic E-state index is 0. The summed E-state index contributed by atoms with van der Waals surface area (Å²) in [7, 11) is 3.53. The van der Waals surface area contributed by atoms with Crippen molar-refractivity contribution in [2.45, 2.75) is 64.5 Å². The third-order valence-electron chi connectivity index (χ3n) is 7.52. The van der Waals surface area contributed by atoms with Crippen LogP contribution in [0.4, 0.5) is 20.7 Å². The first kappa shape index (κ1) is 28.7. The van der Waals surface area contributed by atoms with Crippen LogP contribution in [0.3, 0.4) is 0 Å². The largest absolute Gasteiger partial charge is 0.493 e. The van der Waals surface area contributed by atoms with Crippen LogP contribution in [0.5, 0.6) is 11.5 Å². The van der Waals surface area contributed by atoms with Crippen molar-refractivity contribution in [3.63, 3.8) is 0 Å². The molecule has 2 aromatic carbocycles. The van der Waals surface area contributed by atoms with E-state index in [1.54, 1.807) is 13.2 Å². The molecule has 39 heavy (non-hydrogen) atoms. The Labute approximate surface area is 234 Å². The molecule has 1 saturated heterocycles. The lowest BCUT2D eigenvalue weighted by molar-refractivity contribution is 0.0910. The van der Waals surface area contributed by atoms with Crippen molar-refractivity contribution in [3.05, 3.63) is 47.5 Å². The molecule has 2 heterocycles. The van der Waals surface area contributed by atoms with Gasteiger partial charge in [0, 0.05) is 43.3 Å². The van der Waals surface area contributed by atoms with Gasteiger partial charge in [0.05, 0.1) is 23.8 Å². The fourth-order valence-corrected chi connectivity index (χ4v) is 5.50. The first-order valence-electron chi connectivity index (χ1n) is 13.2. The molecule has 1 N–H and O–H groups in total. The molecule has 10 heteroatoms. The van der Waals surface area contributed by atoms with Crippen LogP contribution < -0.4 is 14.8 Å². The van der Waals surface area contributed by atoms with Gasteiger partial charge in [0.25, 0.3) is 0 Å². The zero-order valence-electron chi connectivity index (χ0n) is 21.8. The Morgan fingerprint density at radius 3 is 2.51 bits per heavy atom. The Bertz CT molecular complexity index is 1300. The Morgan fingerprint density at radius 2 is 1.82 bits per heavy atom. The van der Waals surface area contributed by atoms with E-state index in [4.69, 9.17) is 21.1 Å². The summed E-state index contributed by atoms with van der Waals surface area (Å²) in [6.45, 7) is 1.72. The van der Waals surface area contributed by atoms with Gasteiger partial charge in [-0.1, -0.05) is 19.0 Å². The molecular weight excluding hydrogens is 521 g/mol. The van der Waals surface area contributed by atoms with E-state index in [0.29, 0.717) is 28.5 Å². The van der Waals surface area contributed by atoms with Crippen molar-refractivity contribution in [2.24, 2.45) is 0 Å². The summed E-state index contributed by atoms with van der Waals surface area (Å²) < 4.78 is 25.7. The van der Waals surface area contributed by atoms with E-state index in [1.165, 1.54) is 24.9 Å². The van der Waals surface area contributed by atoms with Crippen LogP contribution in [0.15, 0.2) is 36.7 Å². The van der Waals surface area contributed by atoms with Crippen LogP contribution in [0.1, 0.15) is 52.4 Å². The van der Waals surface area contributed by atoms with Gasteiger partial charge in [-0.25, -0.2) is 19.2 Å². The summed E-state index contributed by atoms with van der Waals surface area (Å²) in [4.78, 5) is 25.6.